The fourth-order valence-electron chi connectivity index (χ4n) is 8.07. The average molecular weight is 640 g/mol. The second kappa shape index (κ2) is 15.4. The van der Waals surface area contributed by atoms with Crippen LogP contribution < -0.4 is 0 Å². The summed E-state index contributed by atoms with van der Waals surface area (Å²) in [4.78, 5) is 16.5. The Morgan fingerprint density at radius 3 is 2.43 bits per heavy atom. The van der Waals surface area contributed by atoms with Crippen LogP contribution in [0.15, 0.2) is 84.4 Å². The van der Waals surface area contributed by atoms with E-state index in [0.717, 1.165) is 54.4 Å². The number of hydrogen-bond donors (Lipinski definition) is 4. The number of ketones is 1. The fourth-order valence-corrected chi connectivity index (χ4v) is 8.07. The van der Waals surface area contributed by atoms with Gasteiger partial charge in [0.05, 0.1) is 24.4 Å². The van der Waals surface area contributed by atoms with Gasteiger partial charge in [-0.2, -0.15) is 0 Å². The van der Waals surface area contributed by atoms with E-state index < -0.39 is 23.2 Å². The number of hydrogen-bond acceptors (Lipinski definition) is 6. The molecule has 6 rings (SSSR count). The molecule has 0 aliphatic heterocycles. The Morgan fingerprint density at radius 2 is 1.72 bits per heavy atom. The number of aliphatic hydroxyl groups is 4. The summed E-state index contributed by atoms with van der Waals surface area (Å²) in [6, 6.07) is 24.0. The molecule has 1 saturated carbocycles. The molecule has 47 heavy (non-hydrogen) atoms. The Bertz CT molecular complexity index is 1520. The predicted molar refractivity (Wildman–Crippen MR) is 189 cm³/mol. The van der Waals surface area contributed by atoms with Gasteiger partial charge in [-0.1, -0.05) is 92.2 Å². The van der Waals surface area contributed by atoms with Crippen LogP contribution in [-0.4, -0.2) is 75.2 Å². The second-order valence-corrected chi connectivity index (χ2v) is 14.3. The Labute approximate surface area is 280 Å². The summed E-state index contributed by atoms with van der Waals surface area (Å²) in [7, 11) is 0. The van der Waals surface area contributed by atoms with Gasteiger partial charge in [-0.05, 0) is 99.1 Å². The third-order valence-electron chi connectivity index (χ3n) is 10.9. The lowest BCUT2D eigenvalue weighted by Crippen LogP contribution is -2.54. The van der Waals surface area contributed by atoms with Gasteiger partial charge in [0.1, 0.15) is 0 Å². The normalized spacial score (nSPS) is 25.7. The maximum absolute atomic E-state index is 14.4. The predicted octanol–water partition coefficient (Wildman–Crippen LogP) is 6.69. The van der Waals surface area contributed by atoms with Crippen LogP contribution in [0, 0.1) is 5.41 Å². The molecule has 252 valence electrons. The van der Waals surface area contributed by atoms with Crippen molar-refractivity contribution in [3.8, 4) is 11.1 Å². The van der Waals surface area contributed by atoms with Gasteiger partial charge >= 0.3 is 0 Å². The molecule has 6 nitrogen and oxygen atoms in total. The Kier molecular flexibility index (Phi) is 11.5. The zero-order valence-corrected chi connectivity index (χ0v) is 28.4. The van der Waals surface area contributed by atoms with Crippen molar-refractivity contribution in [2.45, 2.75) is 95.9 Å². The van der Waals surface area contributed by atoms with Gasteiger partial charge < -0.3 is 20.4 Å². The van der Waals surface area contributed by atoms with Crippen LogP contribution >= 0.6 is 0 Å². The summed E-state index contributed by atoms with van der Waals surface area (Å²) in [5.74, 6) is -0.118. The number of nitrogens with zero attached hydrogens (tertiary/aromatic N) is 1. The zero-order chi connectivity index (χ0) is 33.6. The van der Waals surface area contributed by atoms with E-state index >= 15 is 0 Å². The monoisotopic (exact) mass is 639 g/mol. The third-order valence-corrected chi connectivity index (χ3v) is 10.9. The van der Waals surface area contributed by atoms with Crippen molar-refractivity contribution >= 4 is 5.78 Å². The Hall–Kier alpha value is -3.13. The van der Waals surface area contributed by atoms with E-state index in [9.17, 15) is 25.2 Å². The van der Waals surface area contributed by atoms with Crippen molar-refractivity contribution in [3.05, 3.63) is 107 Å². The van der Waals surface area contributed by atoms with Crippen molar-refractivity contribution < 1.29 is 25.2 Å². The number of benzene rings is 3. The van der Waals surface area contributed by atoms with E-state index in [1.54, 1.807) is 0 Å². The lowest BCUT2D eigenvalue weighted by atomic mass is 9.64. The van der Waals surface area contributed by atoms with E-state index in [1.165, 1.54) is 5.57 Å². The molecular weight excluding hydrogens is 586 g/mol. The van der Waals surface area contributed by atoms with Crippen LogP contribution in [0.2, 0.25) is 0 Å². The van der Waals surface area contributed by atoms with Crippen LogP contribution in [-0.2, 0) is 6.42 Å². The van der Waals surface area contributed by atoms with E-state index in [4.69, 9.17) is 0 Å². The van der Waals surface area contributed by atoms with E-state index in [1.807, 2.05) is 48.5 Å². The minimum atomic E-state index is -1.06. The highest BCUT2D eigenvalue weighted by Crippen LogP contribution is 2.59. The number of fused-ring (bicyclic) bond motifs is 8. The van der Waals surface area contributed by atoms with Crippen molar-refractivity contribution in [2.75, 3.05) is 26.2 Å². The lowest BCUT2D eigenvalue weighted by Gasteiger charge is -2.46. The molecule has 0 spiro atoms. The van der Waals surface area contributed by atoms with Crippen molar-refractivity contribution in [1.29, 1.82) is 0 Å². The highest BCUT2D eigenvalue weighted by Gasteiger charge is 2.57. The van der Waals surface area contributed by atoms with Gasteiger partial charge in [0.15, 0.2) is 5.78 Å². The fraction of sp³-hybridized carbons (Fsp3) is 0.488. The third kappa shape index (κ3) is 7.96. The number of allylic oxidation sites excluding steroid dienone is 2. The van der Waals surface area contributed by atoms with Crippen LogP contribution in [0.25, 0.3) is 11.1 Å². The molecule has 3 aliphatic rings. The number of aliphatic hydroxyl groups excluding tert-OH is 3. The lowest BCUT2D eigenvalue weighted by molar-refractivity contribution is -0.0891. The topological polar surface area (TPSA) is 101 Å². The molecule has 6 heteroatoms. The molecule has 0 radical (unpaired) electrons. The van der Waals surface area contributed by atoms with Crippen LogP contribution in [0.4, 0.5) is 0 Å². The summed E-state index contributed by atoms with van der Waals surface area (Å²) in [5, 5.41) is 43.5. The van der Waals surface area contributed by atoms with Crippen molar-refractivity contribution in [3.63, 3.8) is 0 Å². The molecule has 4 N–H and O–H groups in total. The molecule has 0 aromatic heterocycles. The van der Waals surface area contributed by atoms with Crippen molar-refractivity contribution in [2.24, 2.45) is 5.41 Å². The second-order valence-electron chi connectivity index (χ2n) is 14.3. The first kappa shape index (κ1) is 35.2. The summed E-state index contributed by atoms with van der Waals surface area (Å²) in [6.07, 6.45) is 6.50. The summed E-state index contributed by atoms with van der Waals surface area (Å²) in [5.41, 5.74) is 4.92. The molecule has 3 aliphatic carbocycles. The average Bonchev–Trinajstić information content (AvgIpc) is 3.32. The smallest absolute Gasteiger partial charge is 0.193 e. The van der Waals surface area contributed by atoms with Gasteiger partial charge in [0.2, 0.25) is 0 Å². The number of carbonyl (C=O) groups excluding carboxylic acids is 1. The van der Waals surface area contributed by atoms with E-state index in [-0.39, 0.29) is 18.3 Å². The SMILES string of the molecule is CCCN(C[C@H](O)CO)C[C@]1(O)CC[C@H]2c3ccc(cc3C(=O)c3ccc(-c4ccccc4)cc3)C[C@@H](O)CCC(C)=CCC[C@@]21C. The van der Waals surface area contributed by atoms with Crippen LogP contribution in [0.3, 0.4) is 0 Å². The molecule has 0 amide bonds. The van der Waals surface area contributed by atoms with Crippen LogP contribution in [0.1, 0.15) is 98.7 Å². The highest BCUT2D eigenvalue weighted by atomic mass is 16.3. The first-order chi connectivity index (χ1) is 22.6. The number of carbonyl (C=O) groups is 1. The Balaban J connectivity index is 1.57. The summed E-state index contributed by atoms with van der Waals surface area (Å²) >= 11 is 0. The Morgan fingerprint density at radius 1 is 1.00 bits per heavy atom. The van der Waals surface area contributed by atoms with E-state index in [0.29, 0.717) is 50.0 Å². The quantitative estimate of drug-likeness (QED) is 0.146. The molecule has 2 bridgehead atoms. The zero-order valence-electron chi connectivity index (χ0n) is 28.4. The molecule has 1 fully saturated rings. The van der Waals surface area contributed by atoms with Crippen LogP contribution in [0.5, 0.6) is 0 Å². The summed E-state index contributed by atoms with van der Waals surface area (Å²) < 4.78 is 0. The standard InChI is InChI=1S/C41H53NO5/c1-4-23-42(26-35(45)27-43)28-41(47)22-20-38-36-19-13-30(24-34(44)18-12-29(2)9-8-21-40(38,41)3)25-37(36)39(46)33-16-14-32(15-17-33)31-10-6-5-7-11-31/h5-7,9-11,13-17,19,25,34-35,38,43-45,47H,4,8,12,18,20-24,26-28H2,1-3H3/t34-,35-,38-,40-,41+/m0/s1. The first-order valence-electron chi connectivity index (χ1n) is 17.5. The van der Waals surface area contributed by atoms with Gasteiger partial charge in [-0.3, -0.25) is 9.69 Å². The van der Waals surface area contributed by atoms with Gasteiger partial charge in [-0.25, -0.2) is 0 Å². The molecule has 0 unspecified atom stereocenters. The summed E-state index contributed by atoms with van der Waals surface area (Å²) in [6.45, 7) is 7.47. The largest absolute Gasteiger partial charge is 0.394 e. The van der Waals surface area contributed by atoms with Gasteiger partial charge in [0.25, 0.3) is 0 Å². The molecule has 0 heterocycles. The molecule has 3 aromatic carbocycles. The maximum atomic E-state index is 14.4. The number of rotatable bonds is 10. The first-order valence-corrected chi connectivity index (χ1v) is 17.5. The maximum Gasteiger partial charge on any atom is 0.193 e. The van der Waals surface area contributed by atoms with E-state index in [2.05, 4.69) is 56.0 Å². The van der Waals surface area contributed by atoms with Gasteiger partial charge in [-0.15, -0.1) is 0 Å². The molecular formula is C41H53NO5. The minimum absolute atomic E-state index is 0.0461. The highest BCUT2D eigenvalue weighted by molar-refractivity contribution is 6.10. The minimum Gasteiger partial charge on any atom is -0.394 e. The molecule has 0 saturated heterocycles. The van der Waals surface area contributed by atoms with Crippen molar-refractivity contribution in [1.82, 2.24) is 4.90 Å². The van der Waals surface area contributed by atoms with Gasteiger partial charge in [0, 0.05) is 29.6 Å². The molecule has 5 atom stereocenters. The molecule has 3 aromatic rings.